The third-order valence-electron chi connectivity index (χ3n) is 8.41. The molecular formula is C32H31Cl2F2N2O10P. The summed E-state index contributed by atoms with van der Waals surface area (Å²) in [7, 11) is -4.93. The van der Waals surface area contributed by atoms with E-state index >= 15 is 0 Å². The highest BCUT2D eigenvalue weighted by atomic mass is 35.5. The predicted molar refractivity (Wildman–Crippen MR) is 171 cm³/mol. The summed E-state index contributed by atoms with van der Waals surface area (Å²) < 4.78 is 60.7. The summed E-state index contributed by atoms with van der Waals surface area (Å²) >= 11 is 11.4. The number of fused-ring (bicyclic) bond motifs is 3. The molecule has 3 saturated carbocycles. The van der Waals surface area contributed by atoms with Crippen LogP contribution in [-0.2, 0) is 30.1 Å². The minimum Gasteiger partial charge on any atom is -0.484 e. The number of amides is 2. The van der Waals surface area contributed by atoms with Gasteiger partial charge < -0.3 is 29.4 Å². The van der Waals surface area contributed by atoms with Crippen molar-refractivity contribution in [2.75, 3.05) is 13.2 Å². The Hall–Kier alpha value is -3.94. The van der Waals surface area contributed by atoms with Crippen LogP contribution in [0.25, 0.3) is 0 Å². The maximum absolute atomic E-state index is 13.9. The van der Waals surface area contributed by atoms with Gasteiger partial charge in [-0.05, 0) is 56.0 Å². The Bertz CT molecular complexity index is 1780. The number of halogens is 4. The summed E-state index contributed by atoms with van der Waals surface area (Å²) in [5.74, 6) is -3.32. The molecule has 0 radical (unpaired) electrons. The maximum atomic E-state index is 13.9. The van der Waals surface area contributed by atoms with Crippen molar-refractivity contribution >= 4 is 48.8 Å². The summed E-state index contributed by atoms with van der Waals surface area (Å²) in [4.78, 5) is 58.0. The molecule has 3 aromatic carbocycles. The predicted octanol–water partition coefficient (Wildman–Crippen LogP) is 5.04. The molecule has 0 spiro atoms. The van der Waals surface area contributed by atoms with Crippen LogP contribution in [0.1, 0.15) is 37.7 Å². The highest BCUT2D eigenvalue weighted by molar-refractivity contribution is 7.46. The van der Waals surface area contributed by atoms with Crippen LogP contribution in [0.4, 0.5) is 8.78 Å². The van der Waals surface area contributed by atoms with E-state index in [4.69, 9.17) is 41.9 Å². The molecule has 0 aliphatic heterocycles. The van der Waals surface area contributed by atoms with E-state index in [1.807, 2.05) is 0 Å². The number of rotatable bonds is 13. The van der Waals surface area contributed by atoms with E-state index < -0.39 is 74.1 Å². The molecule has 0 heterocycles. The standard InChI is InChI=1S/C32H31Cl2F2N2O10P/c33-22-7-5-20(14-24(22)35)45-17-28(39)37-31-9-11-32(12-10-31,38-29(40)18-46-21-6-8-23(34)25(36)15-21)27(16-31)47-30(41)13-19-3-1-2-4-26(19)48-49(42,43)44/h1-8,14-15,27H,9-13,16-18H2,(H,37,39)(H,38,40)(H2,42,43,44)/t27-,31?,32?/m0/s1. The number of phosphoric acid groups is 1. The summed E-state index contributed by atoms with van der Waals surface area (Å²) in [6, 6.07) is 13.3. The third-order valence-corrected chi connectivity index (χ3v) is 9.45. The van der Waals surface area contributed by atoms with Crippen LogP contribution in [0, 0.1) is 11.6 Å². The van der Waals surface area contributed by atoms with Crippen molar-refractivity contribution in [1.29, 1.82) is 0 Å². The molecule has 17 heteroatoms. The van der Waals surface area contributed by atoms with Crippen molar-refractivity contribution in [2.45, 2.75) is 55.7 Å². The number of carbonyl (C=O) groups is 3. The van der Waals surface area contributed by atoms with Gasteiger partial charge in [0.2, 0.25) is 0 Å². The lowest BCUT2D eigenvalue weighted by molar-refractivity contribution is -0.166. The zero-order chi connectivity index (χ0) is 35.4. The van der Waals surface area contributed by atoms with Crippen LogP contribution in [0.5, 0.6) is 17.2 Å². The lowest BCUT2D eigenvalue weighted by Gasteiger charge is -2.57. The molecule has 2 amide bonds. The fourth-order valence-electron chi connectivity index (χ4n) is 6.09. The van der Waals surface area contributed by atoms with E-state index in [9.17, 15) is 37.5 Å². The summed E-state index contributed by atoms with van der Waals surface area (Å²) in [6.07, 6.45) is 0.0783. The van der Waals surface area contributed by atoms with Gasteiger partial charge in [0.05, 0.1) is 22.0 Å². The van der Waals surface area contributed by atoms with E-state index in [0.29, 0.717) is 12.8 Å². The van der Waals surface area contributed by atoms with Crippen LogP contribution in [0.3, 0.4) is 0 Å². The van der Waals surface area contributed by atoms with Crippen molar-refractivity contribution in [1.82, 2.24) is 10.6 Å². The Labute approximate surface area is 289 Å². The first kappa shape index (κ1) is 36.3. The minimum atomic E-state index is -4.93. The van der Waals surface area contributed by atoms with Gasteiger partial charge in [-0.2, -0.15) is 0 Å². The number of hydrogen-bond donors (Lipinski definition) is 4. The molecule has 12 nitrogen and oxygen atoms in total. The van der Waals surface area contributed by atoms with Gasteiger partial charge in [0.15, 0.2) is 13.2 Å². The second-order valence-corrected chi connectivity index (χ2v) is 13.8. The van der Waals surface area contributed by atoms with Gasteiger partial charge in [-0.15, -0.1) is 0 Å². The largest absolute Gasteiger partial charge is 0.524 e. The molecule has 0 unspecified atom stereocenters. The molecule has 3 fully saturated rings. The second-order valence-electron chi connectivity index (χ2n) is 11.8. The number of nitrogens with one attached hydrogen (secondary N) is 2. The van der Waals surface area contributed by atoms with E-state index in [2.05, 4.69) is 10.6 Å². The minimum absolute atomic E-state index is 0.0753. The number of hydrogen-bond acceptors (Lipinski definition) is 8. The Morgan fingerprint density at radius 1 is 0.837 bits per heavy atom. The monoisotopic (exact) mass is 742 g/mol. The Kier molecular flexibility index (Phi) is 11.0. The second kappa shape index (κ2) is 14.9. The molecule has 49 heavy (non-hydrogen) atoms. The van der Waals surface area contributed by atoms with Crippen molar-refractivity contribution in [2.24, 2.45) is 0 Å². The van der Waals surface area contributed by atoms with E-state index in [0.717, 1.165) is 12.1 Å². The molecule has 2 bridgehead atoms. The number of benzene rings is 3. The Morgan fingerprint density at radius 3 is 1.94 bits per heavy atom. The van der Waals surface area contributed by atoms with Crippen LogP contribution in [0.15, 0.2) is 60.7 Å². The van der Waals surface area contributed by atoms with Gasteiger partial charge >= 0.3 is 13.8 Å². The highest BCUT2D eigenvalue weighted by Crippen LogP contribution is 2.48. The van der Waals surface area contributed by atoms with Crippen molar-refractivity contribution < 1.29 is 56.3 Å². The molecular weight excluding hydrogens is 712 g/mol. The zero-order valence-electron chi connectivity index (χ0n) is 25.6. The SMILES string of the molecule is O=C(COc1ccc(Cl)c(F)c1)NC12CCC(NC(=O)COc3ccc(Cl)c(F)c3)(CC1)[C@@H](OC(=O)Cc1ccccc1OP(=O)(O)O)C2. The molecule has 3 aromatic rings. The average molecular weight is 743 g/mol. The third kappa shape index (κ3) is 9.40. The fourth-order valence-corrected chi connectivity index (χ4v) is 6.76. The molecule has 3 aliphatic rings. The summed E-state index contributed by atoms with van der Waals surface area (Å²) in [6.45, 7) is -0.921. The number of carbonyl (C=O) groups excluding carboxylic acids is 3. The number of para-hydroxylation sites is 1. The first-order valence-corrected chi connectivity index (χ1v) is 17.2. The number of phosphoric ester groups is 1. The van der Waals surface area contributed by atoms with Crippen molar-refractivity contribution in [3.05, 3.63) is 87.9 Å². The average Bonchev–Trinajstić information content (AvgIpc) is 3.03. The molecule has 3 aliphatic carbocycles. The van der Waals surface area contributed by atoms with Gasteiger partial charge in [0.25, 0.3) is 11.8 Å². The first-order valence-electron chi connectivity index (χ1n) is 14.9. The van der Waals surface area contributed by atoms with E-state index in [1.54, 1.807) is 6.07 Å². The Morgan fingerprint density at radius 2 is 1.39 bits per heavy atom. The van der Waals surface area contributed by atoms with Crippen molar-refractivity contribution in [3.63, 3.8) is 0 Å². The summed E-state index contributed by atoms with van der Waals surface area (Å²) in [5.41, 5.74) is -1.76. The lowest BCUT2D eigenvalue weighted by atomic mass is 9.59. The van der Waals surface area contributed by atoms with Gasteiger partial charge in [-0.3, -0.25) is 24.2 Å². The molecule has 1 atom stereocenters. The number of ether oxygens (including phenoxy) is 3. The molecule has 262 valence electrons. The first-order chi connectivity index (χ1) is 23.1. The number of esters is 1. The maximum Gasteiger partial charge on any atom is 0.524 e. The topological polar surface area (TPSA) is 170 Å². The van der Waals surface area contributed by atoms with E-state index in [1.165, 1.54) is 42.5 Å². The van der Waals surface area contributed by atoms with Gasteiger partial charge in [-0.1, -0.05) is 41.4 Å². The van der Waals surface area contributed by atoms with Gasteiger partial charge in [0, 0.05) is 29.7 Å². The van der Waals surface area contributed by atoms with Crippen LogP contribution < -0.4 is 24.6 Å². The summed E-state index contributed by atoms with van der Waals surface area (Å²) in [5, 5.41) is 5.69. The van der Waals surface area contributed by atoms with Crippen LogP contribution in [0.2, 0.25) is 10.0 Å². The van der Waals surface area contributed by atoms with E-state index in [-0.39, 0.29) is 52.1 Å². The zero-order valence-corrected chi connectivity index (χ0v) is 28.0. The lowest BCUT2D eigenvalue weighted by Crippen LogP contribution is -2.71. The van der Waals surface area contributed by atoms with Crippen LogP contribution in [-0.4, -0.2) is 58.0 Å². The molecule has 0 aromatic heterocycles. The van der Waals surface area contributed by atoms with Crippen molar-refractivity contribution in [3.8, 4) is 17.2 Å². The quantitative estimate of drug-likeness (QED) is 0.137. The normalized spacial score (nSPS) is 21.4. The molecule has 0 saturated heterocycles. The molecule has 6 rings (SSSR count). The highest BCUT2D eigenvalue weighted by Gasteiger charge is 2.57. The van der Waals surface area contributed by atoms with Gasteiger partial charge in [0.1, 0.15) is 35.0 Å². The Balaban J connectivity index is 1.29. The fraction of sp³-hybridized carbons (Fsp3) is 0.344. The smallest absolute Gasteiger partial charge is 0.484 e. The van der Waals surface area contributed by atoms with Crippen LogP contribution >= 0.6 is 31.0 Å². The van der Waals surface area contributed by atoms with Gasteiger partial charge in [-0.25, -0.2) is 13.3 Å². The molecule has 4 N–H and O–H groups in total.